The smallest absolute Gasteiger partial charge is 0.259 e. The van der Waals surface area contributed by atoms with Crippen LogP contribution in [0.2, 0.25) is 0 Å². The summed E-state index contributed by atoms with van der Waals surface area (Å²) in [5.74, 6) is 0. The number of rotatable bonds is 3. The molecule has 0 unspecified atom stereocenters. The predicted molar refractivity (Wildman–Crippen MR) is 113 cm³/mol. The van der Waals surface area contributed by atoms with E-state index in [1.54, 1.807) is 0 Å². The maximum absolute atomic E-state index is 13.4. The van der Waals surface area contributed by atoms with Crippen LogP contribution in [0.4, 0.5) is 0 Å². The van der Waals surface area contributed by atoms with Gasteiger partial charge in [-0.1, -0.05) is 71.3 Å². The fraction of sp³-hybridized carbons (Fsp3) is 0.160. The van der Waals surface area contributed by atoms with Crippen LogP contribution in [0.3, 0.4) is 0 Å². The van der Waals surface area contributed by atoms with Gasteiger partial charge in [0.25, 0.3) is 5.56 Å². The second-order valence-corrected chi connectivity index (χ2v) is 7.37. The topological polar surface area (TPSA) is 22.0 Å². The summed E-state index contributed by atoms with van der Waals surface area (Å²) in [6, 6.07) is 25.0. The van der Waals surface area contributed by atoms with Crippen molar-refractivity contribution in [1.29, 1.82) is 0 Å². The first kappa shape index (κ1) is 17.3. The summed E-state index contributed by atoms with van der Waals surface area (Å²) in [6.07, 6.45) is 0. The van der Waals surface area contributed by atoms with Crippen LogP contribution in [0.15, 0.2) is 77.6 Å². The Balaban J connectivity index is 1.97. The minimum atomic E-state index is 0.0632. The highest BCUT2D eigenvalue weighted by Gasteiger charge is 2.12. The summed E-state index contributed by atoms with van der Waals surface area (Å²) < 4.78 is 1.90. The molecule has 1 aromatic heterocycles. The van der Waals surface area contributed by atoms with Gasteiger partial charge in [0.2, 0.25) is 0 Å². The third-order valence-corrected chi connectivity index (χ3v) is 5.04. The minimum Gasteiger partial charge on any atom is -0.303 e. The normalized spacial score (nSPS) is 11.1. The Kier molecular flexibility index (Phi) is 4.41. The van der Waals surface area contributed by atoms with E-state index in [9.17, 15) is 4.79 Å². The van der Waals surface area contributed by atoms with E-state index in [1.807, 2.05) is 29.7 Å². The van der Waals surface area contributed by atoms with Crippen molar-refractivity contribution in [3.63, 3.8) is 0 Å². The number of benzene rings is 3. The van der Waals surface area contributed by atoms with Gasteiger partial charge in [0, 0.05) is 5.39 Å². The van der Waals surface area contributed by atoms with E-state index >= 15 is 0 Å². The highest BCUT2D eigenvalue weighted by atomic mass is 16.1. The Bertz CT molecular complexity index is 1180. The van der Waals surface area contributed by atoms with Gasteiger partial charge in [0.15, 0.2) is 0 Å². The van der Waals surface area contributed by atoms with Crippen molar-refractivity contribution >= 4 is 10.8 Å². The van der Waals surface area contributed by atoms with Crippen molar-refractivity contribution in [1.82, 2.24) is 4.57 Å². The first-order valence-electron chi connectivity index (χ1n) is 9.28. The van der Waals surface area contributed by atoms with Crippen molar-refractivity contribution in [2.45, 2.75) is 27.3 Å². The Morgan fingerprint density at radius 1 is 0.741 bits per heavy atom. The van der Waals surface area contributed by atoms with Gasteiger partial charge >= 0.3 is 0 Å². The SMILES string of the molecule is Cc1ccc(Cn2c(-c3cccc(C)c3)cc3ccc(C)cc3c2=O)cc1. The number of pyridine rings is 1. The molecular weight excluding hydrogens is 330 g/mol. The molecule has 2 heteroatoms. The minimum absolute atomic E-state index is 0.0632. The van der Waals surface area contributed by atoms with Gasteiger partial charge in [-0.3, -0.25) is 4.79 Å². The molecule has 2 nitrogen and oxygen atoms in total. The van der Waals surface area contributed by atoms with Gasteiger partial charge in [0.1, 0.15) is 0 Å². The molecule has 0 aliphatic carbocycles. The van der Waals surface area contributed by atoms with E-state index < -0.39 is 0 Å². The molecule has 0 bridgehead atoms. The molecule has 0 amide bonds. The van der Waals surface area contributed by atoms with Crippen LogP contribution in [0.5, 0.6) is 0 Å². The number of aromatic nitrogens is 1. The molecule has 4 rings (SSSR count). The van der Waals surface area contributed by atoms with Gasteiger partial charge in [-0.25, -0.2) is 0 Å². The van der Waals surface area contributed by atoms with Crippen LogP contribution in [-0.4, -0.2) is 4.57 Å². The van der Waals surface area contributed by atoms with Gasteiger partial charge in [-0.05, 0) is 55.5 Å². The number of aryl methyl sites for hydroxylation is 3. The highest BCUT2D eigenvalue weighted by molar-refractivity contribution is 5.86. The van der Waals surface area contributed by atoms with E-state index in [-0.39, 0.29) is 5.56 Å². The van der Waals surface area contributed by atoms with Crippen LogP contribution in [0.1, 0.15) is 22.3 Å². The molecule has 0 saturated carbocycles. The zero-order valence-electron chi connectivity index (χ0n) is 16.0. The molecule has 0 radical (unpaired) electrons. The van der Waals surface area contributed by atoms with E-state index in [0.717, 1.165) is 33.2 Å². The summed E-state index contributed by atoms with van der Waals surface area (Å²) in [5.41, 5.74) is 6.73. The Hall–Kier alpha value is -3.13. The molecule has 4 aromatic rings. The molecule has 0 fully saturated rings. The molecule has 1 heterocycles. The maximum atomic E-state index is 13.4. The summed E-state index contributed by atoms with van der Waals surface area (Å²) >= 11 is 0. The van der Waals surface area contributed by atoms with Crippen LogP contribution >= 0.6 is 0 Å². The number of fused-ring (bicyclic) bond motifs is 1. The van der Waals surface area contributed by atoms with Gasteiger partial charge in [-0.2, -0.15) is 0 Å². The average molecular weight is 353 g/mol. The molecule has 0 atom stereocenters. The zero-order valence-corrected chi connectivity index (χ0v) is 16.0. The van der Waals surface area contributed by atoms with Crippen molar-refractivity contribution in [3.05, 3.63) is 105 Å². The lowest BCUT2D eigenvalue weighted by Gasteiger charge is -2.16. The molecule has 0 saturated heterocycles. The van der Waals surface area contributed by atoms with E-state index in [4.69, 9.17) is 0 Å². The number of nitrogens with zero attached hydrogens (tertiary/aromatic N) is 1. The summed E-state index contributed by atoms with van der Waals surface area (Å²) in [4.78, 5) is 13.4. The second-order valence-electron chi connectivity index (χ2n) is 7.37. The largest absolute Gasteiger partial charge is 0.303 e. The predicted octanol–water partition coefficient (Wildman–Crippen LogP) is 5.64. The molecule has 0 aliphatic heterocycles. The Morgan fingerprint density at radius 2 is 1.44 bits per heavy atom. The highest BCUT2D eigenvalue weighted by Crippen LogP contribution is 2.24. The second kappa shape index (κ2) is 6.88. The lowest BCUT2D eigenvalue weighted by molar-refractivity contribution is 0.776. The fourth-order valence-corrected chi connectivity index (χ4v) is 3.54. The molecule has 0 N–H and O–H groups in total. The van der Waals surface area contributed by atoms with E-state index in [1.165, 1.54) is 11.1 Å². The van der Waals surface area contributed by atoms with Crippen LogP contribution in [-0.2, 0) is 6.54 Å². The van der Waals surface area contributed by atoms with Gasteiger partial charge < -0.3 is 4.57 Å². The van der Waals surface area contributed by atoms with Crippen molar-refractivity contribution in [2.75, 3.05) is 0 Å². The van der Waals surface area contributed by atoms with Crippen molar-refractivity contribution < 1.29 is 0 Å². The standard InChI is InChI=1S/C25H23NO/c1-17-7-10-20(11-8-17)16-26-24(22-6-4-5-18(2)13-22)15-21-12-9-19(3)14-23(21)25(26)27/h4-15H,16H2,1-3H3. The average Bonchev–Trinajstić information content (AvgIpc) is 2.66. The monoisotopic (exact) mass is 353 g/mol. The summed E-state index contributed by atoms with van der Waals surface area (Å²) in [6.45, 7) is 6.74. The zero-order chi connectivity index (χ0) is 19.0. The van der Waals surface area contributed by atoms with E-state index in [2.05, 4.69) is 68.4 Å². The van der Waals surface area contributed by atoms with Crippen LogP contribution < -0.4 is 5.56 Å². The lowest BCUT2D eigenvalue weighted by atomic mass is 10.0. The maximum Gasteiger partial charge on any atom is 0.259 e. The third-order valence-electron chi connectivity index (χ3n) is 5.04. The first-order chi connectivity index (χ1) is 13.0. The van der Waals surface area contributed by atoms with Crippen molar-refractivity contribution in [2.24, 2.45) is 0 Å². The van der Waals surface area contributed by atoms with Crippen LogP contribution in [0, 0.1) is 20.8 Å². The quantitative estimate of drug-likeness (QED) is 0.467. The number of hydrogen-bond donors (Lipinski definition) is 0. The number of hydrogen-bond acceptors (Lipinski definition) is 1. The van der Waals surface area contributed by atoms with Crippen LogP contribution in [0.25, 0.3) is 22.0 Å². The summed E-state index contributed by atoms with van der Waals surface area (Å²) in [5, 5.41) is 1.76. The first-order valence-corrected chi connectivity index (χ1v) is 9.28. The van der Waals surface area contributed by atoms with E-state index in [0.29, 0.717) is 6.54 Å². The third kappa shape index (κ3) is 3.43. The molecule has 27 heavy (non-hydrogen) atoms. The molecule has 0 aliphatic rings. The van der Waals surface area contributed by atoms with Gasteiger partial charge in [-0.15, -0.1) is 0 Å². The summed E-state index contributed by atoms with van der Waals surface area (Å²) in [7, 11) is 0. The fourth-order valence-electron chi connectivity index (χ4n) is 3.54. The lowest BCUT2D eigenvalue weighted by Crippen LogP contribution is -2.22. The molecule has 0 spiro atoms. The van der Waals surface area contributed by atoms with Gasteiger partial charge in [0.05, 0.1) is 12.2 Å². The molecule has 3 aromatic carbocycles. The molecule has 134 valence electrons. The Labute approximate surface area is 159 Å². The van der Waals surface area contributed by atoms with Crippen molar-refractivity contribution in [3.8, 4) is 11.3 Å². The Morgan fingerprint density at radius 3 is 2.19 bits per heavy atom. The molecular formula is C25H23NO.